The minimum atomic E-state index is -2.15. The number of nitrogens with zero attached hydrogens (tertiary/aromatic N) is 4. The zero-order valence-electron chi connectivity index (χ0n) is 48.2. The predicted octanol–water partition coefficient (Wildman–Crippen LogP) is 6.27. The van der Waals surface area contributed by atoms with Crippen LogP contribution >= 0.6 is 0 Å². The number of ether oxygens (including phenoxy) is 4. The molecule has 7 aliphatic rings. The molecule has 2 aromatic heterocycles. The van der Waals surface area contributed by atoms with E-state index in [0.717, 1.165) is 23.4 Å². The Morgan fingerprint density at radius 3 is 2.15 bits per heavy atom. The lowest BCUT2D eigenvalue weighted by molar-refractivity contribution is -0.160. The lowest BCUT2D eigenvalue weighted by Crippen LogP contribution is -2.50. The third-order valence-corrected chi connectivity index (χ3v) is 18.0. The zero-order chi connectivity index (χ0) is 59.7. The molecule has 5 bridgehead atoms. The van der Waals surface area contributed by atoms with Crippen LogP contribution in [0.15, 0.2) is 64.6 Å². The number of carbonyl (C=O) groups is 6. The molecule has 1 unspecified atom stereocenters. The highest BCUT2D eigenvalue weighted by atomic mass is 19.1. The fourth-order valence-electron chi connectivity index (χ4n) is 12.9. The molecule has 0 spiro atoms. The van der Waals surface area contributed by atoms with Crippen molar-refractivity contribution in [3.63, 3.8) is 0 Å². The molecular weight excluding hydrogens is 1060 g/mol. The number of halogens is 1. The van der Waals surface area contributed by atoms with Crippen molar-refractivity contribution in [1.29, 1.82) is 0 Å². The maximum atomic E-state index is 16.3. The number of carboxylic acids is 1. The van der Waals surface area contributed by atoms with Crippen LogP contribution < -0.4 is 20.5 Å². The number of carboxylic acid groups (broad SMARTS) is 1. The smallest absolute Gasteiger partial charge is 0.341 e. The Hall–Kier alpha value is -7.20. The molecule has 7 heterocycles. The molecule has 10 rings (SSSR count). The minimum absolute atomic E-state index is 0.0354. The number of Topliss-reactive ketones (excluding diaryl/α,β-unsaturated/α-hetero) is 3. The Labute approximate surface area is 474 Å². The molecule has 5 aliphatic heterocycles. The molecule has 0 radical (unpaired) electrons. The number of benzene rings is 1. The Morgan fingerprint density at radius 2 is 1.51 bits per heavy atom. The monoisotopic (exact) mass is 1140 g/mol. The van der Waals surface area contributed by atoms with Crippen molar-refractivity contribution in [2.75, 3.05) is 45.2 Å². The third kappa shape index (κ3) is 10.5. The molecule has 2 aliphatic carbocycles. The highest BCUT2D eigenvalue weighted by Gasteiger charge is 2.53. The summed E-state index contributed by atoms with van der Waals surface area (Å²) in [5.74, 6) is -11.6. The number of carbonyl (C=O) groups excluding carboxylic acids is 5. The van der Waals surface area contributed by atoms with Crippen molar-refractivity contribution in [3.05, 3.63) is 115 Å². The van der Waals surface area contributed by atoms with E-state index in [-0.39, 0.29) is 59.2 Å². The zero-order valence-corrected chi connectivity index (χ0v) is 48.2. The lowest BCUT2D eigenvalue weighted by atomic mass is 9.78. The first-order chi connectivity index (χ1) is 38.7. The van der Waals surface area contributed by atoms with Gasteiger partial charge in [0.2, 0.25) is 11.6 Å². The average molecular weight is 1140 g/mol. The van der Waals surface area contributed by atoms with Gasteiger partial charge in [0.25, 0.3) is 17.2 Å². The van der Waals surface area contributed by atoms with Crippen molar-refractivity contribution in [1.82, 2.24) is 19.5 Å². The summed E-state index contributed by atoms with van der Waals surface area (Å²) in [4.78, 5) is 103. The van der Waals surface area contributed by atoms with Gasteiger partial charge in [-0.3, -0.25) is 38.1 Å². The van der Waals surface area contributed by atoms with Crippen LogP contribution in [0, 0.1) is 43.3 Å². The van der Waals surface area contributed by atoms with E-state index in [1.165, 1.54) is 59.3 Å². The fourth-order valence-corrected chi connectivity index (χ4v) is 12.9. The number of hydrogen-bond donors (Lipinski definition) is 5. The Kier molecular flexibility index (Phi) is 16.6. The summed E-state index contributed by atoms with van der Waals surface area (Å²) in [6.07, 6.45) is 7.59. The number of piperidine rings is 1. The standard InChI is InChI=1S/C61H74FN5O15/c1-28-13-12-14-29(2)58(75)63-46-49(65-21-17-37(18-22-65)64(10)38-19-23-66(26-38)48-31(4)47-39(36-15-16-36)25-40(60(77)78)59(76)67(47)27-41(48)62)54(73)43-44(53(46)72)52(71)34(7)56-45(43)57(74)61(9,82-56)80-24-20-42(79-11)30(3)55(81-35(8)68)33(6)51(70)32(5)50(28)69/h12-14,20,24-25,27-28,30,32-33,36-38,42,50-51,55,69-71H,15-19,21-23,26H2,1-11H3,(H,63,75)(H,77,78)/b13-12+,24-20+,29-14-/t28-,30+,32+,33+,38?,42-,50-,51+,55+,61-/m0/s1. The molecule has 82 heavy (non-hydrogen) atoms. The fraction of sp³-hybridized carbons (Fsp3) is 0.525. The van der Waals surface area contributed by atoms with Gasteiger partial charge in [-0.25, -0.2) is 9.18 Å². The molecule has 21 heteroatoms. The Morgan fingerprint density at radius 1 is 0.854 bits per heavy atom. The Balaban J connectivity index is 1.03. The van der Waals surface area contributed by atoms with Crippen LogP contribution in [0.25, 0.3) is 5.52 Å². The molecule has 1 amide bonds. The van der Waals surface area contributed by atoms with Gasteiger partial charge in [-0.15, -0.1) is 0 Å². The molecular formula is C61H74FN5O15. The van der Waals surface area contributed by atoms with Crippen molar-refractivity contribution >= 4 is 46.4 Å². The second-order valence-corrected chi connectivity index (χ2v) is 23.4. The van der Waals surface area contributed by atoms with Crippen LogP contribution in [0.4, 0.5) is 10.1 Å². The molecule has 2 saturated heterocycles. The second-order valence-electron chi connectivity index (χ2n) is 23.4. The number of hydrogen-bond acceptors (Lipinski definition) is 17. The summed E-state index contributed by atoms with van der Waals surface area (Å²) in [5.41, 5.74) is -0.780. The van der Waals surface area contributed by atoms with Crippen LogP contribution in [-0.4, -0.2) is 152 Å². The van der Waals surface area contributed by atoms with Crippen molar-refractivity contribution in [2.45, 2.75) is 143 Å². The number of anilines is 1. The number of aromatic nitrogens is 1. The number of allylic oxidation sites excluding steroid dienone is 4. The molecule has 440 valence electrons. The van der Waals surface area contributed by atoms with Gasteiger partial charge in [0.15, 0.2) is 5.82 Å². The number of ketones is 3. The lowest BCUT2D eigenvalue weighted by Gasteiger charge is -2.41. The van der Waals surface area contributed by atoms with E-state index >= 15 is 14.0 Å². The number of phenolic OH excluding ortho intramolecular Hbond substituents is 1. The molecule has 10 atom stereocenters. The second kappa shape index (κ2) is 22.9. The van der Waals surface area contributed by atoms with Crippen LogP contribution in [0.3, 0.4) is 0 Å². The number of aliphatic hydroxyl groups excluding tert-OH is 2. The number of aliphatic hydroxyl groups is 2. The van der Waals surface area contributed by atoms with E-state index in [1.54, 1.807) is 51.7 Å². The Bertz CT molecular complexity index is 3350. The van der Waals surface area contributed by atoms with E-state index in [1.807, 2.05) is 11.9 Å². The normalized spacial score (nSPS) is 30.1. The van der Waals surface area contributed by atoms with E-state index < -0.39 is 129 Å². The maximum absolute atomic E-state index is 16.3. The number of pyridine rings is 2. The number of esters is 1. The number of aryl methyl sites for hydroxylation is 1. The molecule has 1 saturated carbocycles. The number of phenols is 1. The van der Waals surface area contributed by atoms with Crippen LogP contribution in [0.1, 0.15) is 145 Å². The number of likely N-dealkylation sites (tertiary alicyclic amines) is 1. The number of fused-ring (bicyclic) bond motifs is 15. The minimum Gasteiger partial charge on any atom is -0.507 e. The van der Waals surface area contributed by atoms with Gasteiger partial charge in [0, 0.05) is 94.0 Å². The maximum Gasteiger partial charge on any atom is 0.341 e. The van der Waals surface area contributed by atoms with Gasteiger partial charge in [-0.1, -0.05) is 45.9 Å². The van der Waals surface area contributed by atoms with E-state index in [4.69, 9.17) is 18.9 Å². The number of nitrogens with one attached hydrogen (secondary N) is 1. The molecule has 3 aromatic rings. The highest BCUT2D eigenvalue weighted by Crippen LogP contribution is 2.50. The number of aromatic carboxylic acids is 1. The number of rotatable bonds is 8. The van der Waals surface area contributed by atoms with Gasteiger partial charge in [0.1, 0.15) is 34.6 Å². The number of likely N-dealkylation sites (N-methyl/N-ethyl adjacent to an activating group) is 1. The predicted molar refractivity (Wildman–Crippen MR) is 298 cm³/mol. The van der Waals surface area contributed by atoms with Crippen LogP contribution in [-0.2, 0) is 23.8 Å². The van der Waals surface area contributed by atoms with E-state index in [2.05, 4.69) is 10.2 Å². The van der Waals surface area contributed by atoms with Gasteiger partial charge < -0.3 is 54.5 Å². The summed E-state index contributed by atoms with van der Waals surface area (Å²) in [6.45, 7) is 15.5. The van der Waals surface area contributed by atoms with E-state index in [0.29, 0.717) is 54.7 Å². The third-order valence-electron chi connectivity index (χ3n) is 18.0. The van der Waals surface area contributed by atoms with Crippen LogP contribution in [0.2, 0.25) is 0 Å². The average Bonchev–Trinajstić information content (AvgIpc) is 1.68. The quantitative estimate of drug-likeness (QED) is 0.156. The summed E-state index contributed by atoms with van der Waals surface area (Å²) >= 11 is 0. The van der Waals surface area contributed by atoms with Crippen molar-refractivity contribution < 1.29 is 72.5 Å². The molecule has 5 N–H and O–H groups in total. The molecule has 3 fully saturated rings. The first kappa shape index (κ1) is 59.4. The molecule has 1 aromatic carbocycles. The van der Waals surface area contributed by atoms with Crippen molar-refractivity contribution in [3.8, 4) is 11.5 Å². The summed E-state index contributed by atoms with van der Waals surface area (Å²) in [6, 6.07) is 1.32. The first-order valence-corrected chi connectivity index (χ1v) is 28.1. The number of aromatic hydroxyl groups is 1. The number of methoxy groups -OCH3 is 1. The largest absolute Gasteiger partial charge is 0.507 e. The first-order valence-electron chi connectivity index (χ1n) is 28.1. The summed E-state index contributed by atoms with van der Waals surface area (Å²) < 4.78 is 41.3. The molecule has 20 nitrogen and oxygen atoms in total. The number of amides is 1. The van der Waals surface area contributed by atoms with Gasteiger partial charge >= 0.3 is 17.7 Å². The van der Waals surface area contributed by atoms with Crippen molar-refractivity contribution in [2.24, 2.45) is 23.7 Å². The van der Waals surface area contributed by atoms with E-state index in [9.17, 15) is 44.4 Å². The highest BCUT2D eigenvalue weighted by molar-refractivity contribution is 6.32. The topological polar surface area (TPSA) is 263 Å². The summed E-state index contributed by atoms with van der Waals surface area (Å²) in [5, 5.41) is 47.6. The van der Waals surface area contributed by atoms with Gasteiger partial charge in [-0.05, 0) is 89.1 Å². The summed E-state index contributed by atoms with van der Waals surface area (Å²) in [7, 11) is 3.40. The van der Waals surface area contributed by atoms with Gasteiger partial charge in [-0.2, -0.15) is 0 Å². The SMILES string of the molecule is CO[C@H]1/C=C/O[C@@]2(C)Oc3c(C)c(O)c4c(c3C2=O)C(=O)C(N2CCC(N(C)C3CCN(c5c(F)cn6c(=O)c(C(=O)O)cc(C7CC7)c6c5C)C3)CC2)=C(NC(=O)/C(C)=C\C=C\[C@H](C)[C@H](O)[C@@H](C)[C@@H](O)[C@@H](C)[C@H](OC(C)=O)[C@@H]1C)C4=O. The van der Waals surface area contributed by atoms with Gasteiger partial charge in [0.05, 0.1) is 58.7 Å². The van der Waals surface area contributed by atoms with Crippen LogP contribution in [0.5, 0.6) is 11.5 Å².